The molecular weight excluding hydrogens is 256 g/mol. The zero-order chi connectivity index (χ0) is 14.8. The van der Waals surface area contributed by atoms with Crippen LogP contribution in [0.1, 0.15) is 24.2 Å². The Morgan fingerprint density at radius 1 is 1.45 bits per heavy atom. The summed E-state index contributed by atoms with van der Waals surface area (Å²) in [6.07, 6.45) is 4.55. The zero-order valence-electron chi connectivity index (χ0n) is 11.3. The van der Waals surface area contributed by atoms with Crippen molar-refractivity contribution >= 4 is 5.97 Å². The molecule has 0 unspecified atom stereocenters. The van der Waals surface area contributed by atoms with Crippen molar-refractivity contribution in [2.24, 2.45) is 11.8 Å². The van der Waals surface area contributed by atoms with Crippen LogP contribution in [0, 0.1) is 41.4 Å². The Kier molecular flexibility index (Phi) is 3.67. The van der Waals surface area contributed by atoms with Gasteiger partial charge in [-0.3, -0.25) is 14.8 Å². The van der Waals surface area contributed by atoms with E-state index in [0.29, 0.717) is 11.4 Å². The first-order chi connectivity index (χ1) is 9.60. The summed E-state index contributed by atoms with van der Waals surface area (Å²) in [7, 11) is 1.26. The topological polar surface area (TPSA) is 99.7 Å². The van der Waals surface area contributed by atoms with Gasteiger partial charge in [-0.15, -0.1) is 0 Å². The lowest BCUT2D eigenvalue weighted by Gasteiger charge is -2.31. The second kappa shape index (κ2) is 5.26. The van der Waals surface area contributed by atoms with Gasteiger partial charge in [-0.05, 0) is 25.7 Å². The molecule has 0 radical (unpaired) electrons. The summed E-state index contributed by atoms with van der Waals surface area (Å²) in [5, 5.41) is 18.6. The van der Waals surface area contributed by atoms with Gasteiger partial charge >= 0.3 is 5.97 Å². The minimum absolute atomic E-state index is 0.102. The van der Waals surface area contributed by atoms with E-state index in [4.69, 9.17) is 4.74 Å². The van der Waals surface area contributed by atoms with Crippen molar-refractivity contribution < 1.29 is 9.53 Å². The van der Waals surface area contributed by atoms with Crippen LogP contribution in [0.15, 0.2) is 12.4 Å². The third kappa shape index (κ3) is 2.00. The molecule has 1 fully saturated rings. The molecule has 0 bridgehead atoms. The van der Waals surface area contributed by atoms with Crippen LogP contribution in [0.25, 0.3) is 0 Å². The molecule has 6 heteroatoms. The Bertz CT molecular complexity index is 598. The van der Waals surface area contributed by atoms with Gasteiger partial charge in [0, 0.05) is 12.4 Å². The van der Waals surface area contributed by atoms with E-state index >= 15 is 0 Å². The molecular formula is C14H14N4O2. The van der Waals surface area contributed by atoms with Crippen molar-refractivity contribution in [1.82, 2.24) is 9.97 Å². The first kappa shape index (κ1) is 14.0. The molecule has 20 heavy (non-hydrogen) atoms. The summed E-state index contributed by atoms with van der Waals surface area (Å²) in [5.74, 6) is -1.83. The number of nitriles is 2. The highest BCUT2D eigenvalue weighted by Gasteiger charge is 2.60. The third-order valence-corrected chi connectivity index (χ3v) is 3.64. The van der Waals surface area contributed by atoms with E-state index in [0.717, 1.165) is 12.8 Å². The predicted molar refractivity (Wildman–Crippen MR) is 67.9 cm³/mol. The van der Waals surface area contributed by atoms with E-state index in [-0.39, 0.29) is 5.92 Å². The van der Waals surface area contributed by atoms with Crippen molar-refractivity contribution in [2.45, 2.75) is 25.2 Å². The Balaban J connectivity index is 2.68. The molecule has 1 heterocycles. The van der Waals surface area contributed by atoms with E-state index < -0.39 is 17.3 Å². The van der Waals surface area contributed by atoms with Crippen LogP contribution in [0.5, 0.6) is 0 Å². The number of esters is 1. The second-order valence-electron chi connectivity index (χ2n) is 4.87. The van der Waals surface area contributed by atoms with Crippen LogP contribution in [0.3, 0.4) is 0 Å². The van der Waals surface area contributed by atoms with Crippen molar-refractivity contribution in [3.8, 4) is 12.1 Å². The van der Waals surface area contributed by atoms with Gasteiger partial charge < -0.3 is 4.74 Å². The lowest BCUT2D eigenvalue weighted by atomic mass is 9.70. The van der Waals surface area contributed by atoms with Crippen molar-refractivity contribution in [3.05, 3.63) is 23.8 Å². The summed E-state index contributed by atoms with van der Waals surface area (Å²) in [6, 6.07) is 3.83. The summed E-state index contributed by atoms with van der Waals surface area (Å²) in [6.45, 7) is 1.75. The fraction of sp³-hybridized carbons (Fsp3) is 0.500. The average Bonchev–Trinajstić information content (AvgIpc) is 3.28. The SMILES string of the molecule is COC(=O)[C@@](c1cncc(C)n1)(C(C#N)C#N)C1CC1. The van der Waals surface area contributed by atoms with Crippen LogP contribution in [0.4, 0.5) is 0 Å². The Labute approximate surface area is 117 Å². The number of rotatable bonds is 4. The molecule has 0 amide bonds. The smallest absolute Gasteiger partial charge is 0.320 e. The van der Waals surface area contributed by atoms with Crippen LogP contribution in [-0.4, -0.2) is 23.0 Å². The second-order valence-corrected chi connectivity index (χ2v) is 4.87. The highest BCUT2D eigenvalue weighted by Crippen LogP contribution is 2.51. The molecule has 0 aliphatic heterocycles. The van der Waals surface area contributed by atoms with Gasteiger partial charge in [0.15, 0.2) is 5.92 Å². The molecule has 0 N–H and O–H groups in total. The molecule has 1 saturated carbocycles. The maximum Gasteiger partial charge on any atom is 0.320 e. The molecule has 1 aromatic rings. The van der Waals surface area contributed by atoms with Gasteiger partial charge in [0.2, 0.25) is 0 Å². The van der Waals surface area contributed by atoms with Crippen LogP contribution in [0.2, 0.25) is 0 Å². The van der Waals surface area contributed by atoms with E-state index in [1.165, 1.54) is 13.3 Å². The van der Waals surface area contributed by atoms with Gasteiger partial charge in [0.1, 0.15) is 5.41 Å². The van der Waals surface area contributed by atoms with Crippen molar-refractivity contribution in [3.63, 3.8) is 0 Å². The Hall–Kier alpha value is -2.47. The summed E-state index contributed by atoms with van der Waals surface area (Å²) >= 11 is 0. The van der Waals surface area contributed by atoms with Crippen molar-refractivity contribution in [2.75, 3.05) is 7.11 Å². The summed E-state index contributed by atoms with van der Waals surface area (Å²) in [4.78, 5) is 20.8. The van der Waals surface area contributed by atoms with Gasteiger partial charge in [-0.2, -0.15) is 10.5 Å². The van der Waals surface area contributed by atoms with Crippen LogP contribution < -0.4 is 0 Å². The van der Waals surface area contributed by atoms with Crippen LogP contribution >= 0.6 is 0 Å². The van der Waals surface area contributed by atoms with E-state index in [2.05, 4.69) is 9.97 Å². The Morgan fingerprint density at radius 2 is 2.10 bits per heavy atom. The molecule has 1 aliphatic rings. The number of carbonyl (C=O) groups excluding carboxylic acids is 1. The number of hydrogen-bond donors (Lipinski definition) is 0. The number of methoxy groups -OCH3 is 1. The number of nitrogens with zero attached hydrogens (tertiary/aromatic N) is 4. The minimum atomic E-state index is -1.34. The van der Waals surface area contributed by atoms with Gasteiger partial charge in [-0.25, -0.2) is 0 Å². The fourth-order valence-electron chi connectivity index (χ4n) is 2.58. The quantitative estimate of drug-likeness (QED) is 0.764. The predicted octanol–water partition coefficient (Wildman–Crippen LogP) is 1.27. The Morgan fingerprint density at radius 3 is 2.55 bits per heavy atom. The number of hydrogen-bond acceptors (Lipinski definition) is 6. The standard InChI is InChI=1S/C14H14N4O2/c1-9-7-17-8-12(18-9)14(10-3-4-10,13(19)20-2)11(5-15)6-16/h7-8,10-11H,3-4H2,1-2H3/t14-/m1/s1. The maximum atomic E-state index is 12.4. The molecule has 0 spiro atoms. The minimum Gasteiger partial charge on any atom is -0.468 e. The first-order valence-corrected chi connectivity index (χ1v) is 6.28. The lowest BCUT2D eigenvalue weighted by Crippen LogP contribution is -2.46. The third-order valence-electron chi connectivity index (χ3n) is 3.64. The summed E-state index contributed by atoms with van der Waals surface area (Å²) < 4.78 is 4.89. The van der Waals surface area contributed by atoms with E-state index in [1.807, 2.05) is 12.1 Å². The fourth-order valence-corrected chi connectivity index (χ4v) is 2.58. The van der Waals surface area contributed by atoms with E-state index in [1.54, 1.807) is 13.1 Å². The number of ether oxygens (including phenoxy) is 1. The average molecular weight is 270 g/mol. The molecule has 102 valence electrons. The van der Waals surface area contributed by atoms with Gasteiger partial charge in [0.25, 0.3) is 0 Å². The highest BCUT2D eigenvalue weighted by atomic mass is 16.5. The number of aromatic nitrogens is 2. The largest absolute Gasteiger partial charge is 0.468 e. The zero-order valence-corrected chi connectivity index (χ0v) is 11.3. The molecule has 2 rings (SSSR count). The summed E-state index contributed by atoms with van der Waals surface area (Å²) in [5.41, 5.74) is -0.358. The monoisotopic (exact) mass is 270 g/mol. The molecule has 0 saturated heterocycles. The highest BCUT2D eigenvalue weighted by molar-refractivity contribution is 5.85. The normalized spacial score (nSPS) is 16.9. The first-order valence-electron chi connectivity index (χ1n) is 6.28. The van der Waals surface area contributed by atoms with Gasteiger partial charge in [0.05, 0.1) is 30.6 Å². The lowest BCUT2D eigenvalue weighted by molar-refractivity contribution is -0.149. The molecule has 0 aromatic carbocycles. The van der Waals surface area contributed by atoms with Gasteiger partial charge in [-0.1, -0.05) is 0 Å². The van der Waals surface area contributed by atoms with Crippen LogP contribution in [-0.2, 0) is 14.9 Å². The molecule has 6 nitrogen and oxygen atoms in total. The molecule has 1 aliphatic carbocycles. The molecule has 1 aromatic heterocycles. The number of aryl methyl sites for hydroxylation is 1. The maximum absolute atomic E-state index is 12.4. The molecule has 1 atom stereocenters. The van der Waals surface area contributed by atoms with E-state index in [9.17, 15) is 15.3 Å². The van der Waals surface area contributed by atoms with Crippen molar-refractivity contribution in [1.29, 1.82) is 10.5 Å². The number of carbonyl (C=O) groups is 1.